The molecule has 0 aliphatic rings. The molecule has 24 heavy (non-hydrogen) atoms. The van der Waals surface area contributed by atoms with Crippen molar-refractivity contribution >= 4 is 28.2 Å². The van der Waals surface area contributed by atoms with Crippen LogP contribution in [-0.2, 0) is 6.42 Å². The van der Waals surface area contributed by atoms with Crippen LogP contribution in [0.2, 0.25) is 5.28 Å². The van der Waals surface area contributed by atoms with Crippen molar-refractivity contribution in [1.29, 1.82) is 0 Å². The van der Waals surface area contributed by atoms with Gasteiger partial charge in [0.2, 0.25) is 5.28 Å². The van der Waals surface area contributed by atoms with E-state index in [0.717, 1.165) is 27.9 Å². The fourth-order valence-corrected chi connectivity index (χ4v) is 3.01. The van der Waals surface area contributed by atoms with Crippen molar-refractivity contribution in [1.82, 2.24) is 9.97 Å². The summed E-state index contributed by atoms with van der Waals surface area (Å²) < 4.78 is 6.17. The highest BCUT2D eigenvalue weighted by Gasteiger charge is 2.24. The predicted molar refractivity (Wildman–Crippen MR) is 98.6 cm³/mol. The lowest BCUT2D eigenvalue weighted by atomic mass is 9.98. The minimum Gasteiger partial charge on any atom is -0.487 e. The largest absolute Gasteiger partial charge is 0.487 e. The molecule has 1 heterocycles. The molecule has 4 nitrogen and oxygen atoms in total. The van der Waals surface area contributed by atoms with Gasteiger partial charge in [0.15, 0.2) is 0 Å². The smallest absolute Gasteiger partial charge is 0.223 e. The molecule has 0 fully saturated rings. The van der Waals surface area contributed by atoms with Gasteiger partial charge >= 0.3 is 0 Å². The fraction of sp³-hybridized carbons (Fsp3) is 0.263. The third-order valence-corrected chi connectivity index (χ3v) is 3.95. The van der Waals surface area contributed by atoms with Crippen LogP contribution in [0.15, 0.2) is 42.5 Å². The summed E-state index contributed by atoms with van der Waals surface area (Å²) in [6.45, 7) is 6.09. The van der Waals surface area contributed by atoms with Crippen LogP contribution in [0.4, 0.5) is 5.69 Å². The van der Waals surface area contributed by atoms with Gasteiger partial charge in [0.05, 0.1) is 11.2 Å². The quantitative estimate of drug-likeness (QED) is 0.557. The Hall–Kier alpha value is -2.33. The van der Waals surface area contributed by atoms with E-state index >= 15 is 0 Å². The van der Waals surface area contributed by atoms with Crippen molar-refractivity contribution in [3.8, 4) is 5.75 Å². The predicted octanol–water partition coefficient (Wildman–Crippen LogP) is 4.57. The Kier molecular flexibility index (Phi) is 4.33. The number of hydrogen-bond donors (Lipinski definition) is 1. The molecule has 0 aliphatic heterocycles. The average Bonchev–Trinajstić information content (AvgIpc) is 2.45. The van der Waals surface area contributed by atoms with Crippen LogP contribution in [0.3, 0.4) is 0 Å². The van der Waals surface area contributed by atoms with Crippen LogP contribution in [0.5, 0.6) is 5.75 Å². The van der Waals surface area contributed by atoms with E-state index in [9.17, 15) is 0 Å². The number of nitrogens with two attached hydrogens (primary N) is 1. The summed E-state index contributed by atoms with van der Waals surface area (Å²) in [6, 6.07) is 13.6. The minimum atomic E-state index is -0.472. The van der Waals surface area contributed by atoms with E-state index in [2.05, 4.69) is 9.97 Å². The van der Waals surface area contributed by atoms with Gasteiger partial charge < -0.3 is 10.5 Å². The van der Waals surface area contributed by atoms with Gasteiger partial charge in [0.25, 0.3) is 0 Å². The van der Waals surface area contributed by atoms with Gasteiger partial charge in [0, 0.05) is 17.5 Å². The van der Waals surface area contributed by atoms with Crippen molar-refractivity contribution < 1.29 is 4.74 Å². The Morgan fingerprint density at radius 2 is 1.88 bits per heavy atom. The van der Waals surface area contributed by atoms with Crippen molar-refractivity contribution in [2.24, 2.45) is 0 Å². The van der Waals surface area contributed by atoms with Crippen LogP contribution in [0, 0.1) is 6.92 Å². The number of aromatic nitrogens is 2. The zero-order valence-electron chi connectivity index (χ0n) is 14.0. The number of halogens is 1. The molecule has 2 aromatic carbocycles. The molecule has 0 aliphatic carbocycles. The first kappa shape index (κ1) is 16.5. The maximum atomic E-state index is 6.17. The van der Waals surface area contributed by atoms with Crippen molar-refractivity contribution in [3.63, 3.8) is 0 Å². The third-order valence-electron chi connectivity index (χ3n) is 3.78. The maximum absolute atomic E-state index is 6.17. The molecule has 2 N–H and O–H groups in total. The number of fused-ring (bicyclic) bond motifs is 1. The molecule has 124 valence electrons. The zero-order chi connectivity index (χ0) is 17.3. The lowest BCUT2D eigenvalue weighted by Crippen LogP contribution is -2.31. The number of nitrogens with zero attached hydrogens (tertiary/aromatic N) is 2. The van der Waals surface area contributed by atoms with E-state index in [-0.39, 0.29) is 5.28 Å². The minimum absolute atomic E-state index is 0.217. The first-order valence-corrected chi connectivity index (χ1v) is 8.18. The van der Waals surface area contributed by atoms with E-state index in [1.165, 1.54) is 0 Å². The van der Waals surface area contributed by atoms with Crippen LogP contribution in [0.1, 0.15) is 25.1 Å². The van der Waals surface area contributed by atoms with Crippen molar-refractivity contribution in [2.45, 2.75) is 32.8 Å². The topological polar surface area (TPSA) is 61.0 Å². The normalized spacial score (nSPS) is 11.7. The van der Waals surface area contributed by atoms with Gasteiger partial charge in [-0.2, -0.15) is 0 Å². The lowest BCUT2D eigenvalue weighted by Gasteiger charge is -2.27. The number of aryl methyl sites for hydroxylation is 1. The summed E-state index contributed by atoms with van der Waals surface area (Å²) >= 11 is 6.08. The molecule has 0 saturated heterocycles. The lowest BCUT2D eigenvalue weighted by molar-refractivity contribution is 0.109. The molecule has 0 bridgehead atoms. The van der Waals surface area contributed by atoms with E-state index in [1.807, 2.05) is 63.2 Å². The summed E-state index contributed by atoms with van der Waals surface area (Å²) in [4.78, 5) is 8.66. The second-order valence-electron chi connectivity index (χ2n) is 6.54. The molecule has 0 radical (unpaired) electrons. The van der Waals surface area contributed by atoms with Gasteiger partial charge in [-0.25, -0.2) is 9.97 Å². The number of ether oxygens (including phenoxy) is 1. The van der Waals surface area contributed by atoms with Gasteiger partial charge in [-0.05, 0) is 62.2 Å². The highest BCUT2D eigenvalue weighted by atomic mass is 35.5. The number of anilines is 1. The Morgan fingerprint density at radius 1 is 1.12 bits per heavy atom. The number of benzene rings is 2. The highest BCUT2D eigenvalue weighted by molar-refractivity contribution is 6.28. The molecule has 3 aromatic rings. The second kappa shape index (κ2) is 6.29. The summed E-state index contributed by atoms with van der Waals surface area (Å²) in [6.07, 6.45) is 0.563. The Morgan fingerprint density at radius 3 is 2.62 bits per heavy atom. The number of nitrogen functional groups attached to an aromatic ring is 1. The molecule has 3 rings (SSSR count). The van der Waals surface area contributed by atoms with Crippen LogP contribution in [0.25, 0.3) is 10.9 Å². The molecule has 0 spiro atoms. The Labute approximate surface area is 146 Å². The van der Waals surface area contributed by atoms with E-state index < -0.39 is 5.60 Å². The number of hydrogen-bond acceptors (Lipinski definition) is 4. The van der Waals surface area contributed by atoms with Crippen LogP contribution >= 0.6 is 11.6 Å². The van der Waals surface area contributed by atoms with Crippen LogP contribution in [-0.4, -0.2) is 15.6 Å². The first-order chi connectivity index (χ1) is 11.3. The molecule has 1 aromatic heterocycles. The Bertz CT molecular complexity index is 893. The molecular formula is C19H20ClN3O. The molecule has 0 atom stereocenters. The second-order valence-corrected chi connectivity index (χ2v) is 6.87. The number of rotatable bonds is 4. The van der Waals surface area contributed by atoms with E-state index in [0.29, 0.717) is 12.1 Å². The van der Waals surface area contributed by atoms with E-state index in [1.54, 1.807) is 0 Å². The standard InChI is InChI=1S/C19H20ClN3O/c1-12-6-4-7-13(10-12)24-19(2,3)11-16-17-14(21)8-5-9-15(17)22-18(20)23-16/h4-10H,11,21H2,1-3H3. The summed E-state index contributed by atoms with van der Waals surface area (Å²) in [5.41, 5.74) is 9.00. The van der Waals surface area contributed by atoms with Crippen molar-refractivity contribution in [3.05, 3.63) is 59.0 Å². The van der Waals surface area contributed by atoms with Crippen LogP contribution < -0.4 is 10.5 Å². The summed E-state index contributed by atoms with van der Waals surface area (Å²) in [5, 5.41) is 1.05. The average molecular weight is 342 g/mol. The molecule has 0 unspecified atom stereocenters. The van der Waals surface area contributed by atoms with Gasteiger partial charge in [-0.15, -0.1) is 0 Å². The fourth-order valence-electron chi connectivity index (χ4n) is 2.82. The SMILES string of the molecule is Cc1cccc(OC(C)(C)Cc2nc(Cl)nc3cccc(N)c23)c1. The maximum Gasteiger partial charge on any atom is 0.223 e. The monoisotopic (exact) mass is 341 g/mol. The molecule has 0 saturated carbocycles. The molecule has 5 heteroatoms. The third kappa shape index (κ3) is 3.60. The first-order valence-electron chi connectivity index (χ1n) is 7.80. The van der Waals surface area contributed by atoms with E-state index in [4.69, 9.17) is 22.1 Å². The van der Waals surface area contributed by atoms with Gasteiger partial charge in [-0.3, -0.25) is 0 Å². The van der Waals surface area contributed by atoms with Crippen molar-refractivity contribution in [2.75, 3.05) is 5.73 Å². The zero-order valence-corrected chi connectivity index (χ0v) is 14.8. The van der Waals surface area contributed by atoms with Gasteiger partial charge in [-0.1, -0.05) is 18.2 Å². The van der Waals surface area contributed by atoms with Gasteiger partial charge in [0.1, 0.15) is 11.4 Å². The Balaban J connectivity index is 1.96. The highest BCUT2D eigenvalue weighted by Crippen LogP contribution is 2.29. The summed E-state index contributed by atoms with van der Waals surface area (Å²) in [5.74, 6) is 0.831. The molecular weight excluding hydrogens is 322 g/mol. The molecule has 0 amide bonds. The summed E-state index contributed by atoms with van der Waals surface area (Å²) in [7, 11) is 0.